The van der Waals surface area contributed by atoms with E-state index in [4.69, 9.17) is 5.73 Å². The van der Waals surface area contributed by atoms with Crippen molar-refractivity contribution in [1.82, 2.24) is 5.32 Å². The standard InChI is InChI=1S/C15H20N2O2/c1-9(2)5-13(14(16)18)17-15(19)12-7-10(3)6-11(4)8-12/h6-8,13H,1,5H2,2-4H3,(H2,16,18)(H,17,19)/t13-/m1/s1. The van der Waals surface area contributed by atoms with Crippen LogP contribution in [0.3, 0.4) is 0 Å². The average molecular weight is 260 g/mol. The van der Waals surface area contributed by atoms with Crippen molar-refractivity contribution >= 4 is 11.8 Å². The number of hydrogen-bond acceptors (Lipinski definition) is 2. The summed E-state index contributed by atoms with van der Waals surface area (Å²) in [5.41, 5.74) is 8.61. The van der Waals surface area contributed by atoms with Gasteiger partial charge >= 0.3 is 0 Å². The second-order valence-corrected chi connectivity index (χ2v) is 4.97. The van der Waals surface area contributed by atoms with Gasteiger partial charge in [0.2, 0.25) is 5.91 Å². The van der Waals surface area contributed by atoms with Crippen LogP contribution in [0.1, 0.15) is 34.8 Å². The second kappa shape index (κ2) is 6.18. The van der Waals surface area contributed by atoms with Gasteiger partial charge in [-0.25, -0.2) is 0 Å². The minimum Gasteiger partial charge on any atom is -0.368 e. The normalized spacial score (nSPS) is 11.7. The Bertz CT molecular complexity index is 501. The first-order chi connectivity index (χ1) is 8.79. The predicted molar refractivity (Wildman–Crippen MR) is 75.8 cm³/mol. The summed E-state index contributed by atoms with van der Waals surface area (Å²) in [6.07, 6.45) is 0.353. The van der Waals surface area contributed by atoms with Crippen LogP contribution in [0.5, 0.6) is 0 Å². The van der Waals surface area contributed by atoms with E-state index >= 15 is 0 Å². The van der Waals surface area contributed by atoms with E-state index in [9.17, 15) is 9.59 Å². The van der Waals surface area contributed by atoms with Gasteiger partial charge in [-0.15, -0.1) is 6.58 Å². The van der Waals surface area contributed by atoms with Crippen molar-refractivity contribution < 1.29 is 9.59 Å². The molecule has 4 nitrogen and oxygen atoms in total. The van der Waals surface area contributed by atoms with Crippen molar-refractivity contribution in [3.8, 4) is 0 Å². The third kappa shape index (κ3) is 4.58. The Labute approximate surface area is 113 Å². The summed E-state index contributed by atoms with van der Waals surface area (Å²) in [7, 11) is 0. The van der Waals surface area contributed by atoms with E-state index in [1.165, 1.54) is 0 Å². The van der Waals surface area contributed by atoms with E-state index in [1.807, 2.05) is 19.9 Å². The van der Waals surface area contributed by atoms with E-state index in [0.717, 1.165) is 16.7 Å². The van der Waals surface area contributed by atoms with Crippen molar-refractivity contribution in [1.29, 1.82) is 0 Å². The smallest absolute Gasteiger partial charge is 0.251 e. The predicted octanol–water partition coefficient (Wildman–Crippen LogP) is 1.85. The zero-order valence-electron chi connectivity index (χ0n) is 11.6. The van der Waals surface area contributed by atoms with Crippen LogP contribution in [0, 0.1) is 13.8 Å². The molecular weight excluding hydrogens is 240 g/mol. The van der Waals surface area contributed by atoms with Gasteiger partial charge in [0.25, 0.3) is 5.91 Å². The van der Waals surface area contributed by atoms with Gasteiger partial charge in [0.1, 0.15) is 6.04 Å². The molecule has 0 aliphatic heterocycles. The minimum atomic E-state index is -0.717. The van der Waals surface area contributed by atoms with Crippen molar-refractivity contribution in [3.63, 3.8) is 0 Å². The number of amides is 2. The lowest BCUT2D eigenvalue weighted by molar-refractivity contribution is -0.119. The molecule has 1 rings (SSSR count). The molecule has 0 radical (unpaired) electrons. The first kappa shape index (κ1) is 15.0. The second-order valence-electron chi connectivity index (χ2n) is 4.97. The van der Waals surface area contributed by atoms with Gasteiger partial charge < -0.3 is 11.1 Å². The number of aryl methyl sites for hydroxylation is 2. The molecule has 19 heavy (non-hydrogen) atoms. The Morgan fingerprint density at radius 1 is 1.26 bits per heavy atom. The van der Waals surface area contributed by atoms with Crippen LogP contribution in [-0.2, 0) is 4.79 Å². The molecule has 0 fully saturated rings. The quantitative estimate of drug-likeness (QED) is 0.793. The lowest BCUT2D eigenvalue weighted by Gasteiger charge is -2.16. The van der Waals surface area contributed by atoms with Crippen LogP contribution in [0.2, 0.25) is 0 Å². The third-order valence-electron chi connectivity index (χ3n) is 2.69. The fraction of sp³-hybridized carbons (Fsp3) is 0.333. The van der Waals surface area contributed by atoms with E-state index in [2.05, 4.69) is 11.9 Å². The Balaban J connectivity index is 2.87. The van der Waals surface area contributed by atoms with E-state index in [0.29, 0.717) is 12.0 Å². The zero-order chi connectivity index (χ0) is 14.6. The van der Waals surface area contributed by atoms with Gasteiger partial charge in [-0.1, -0.05) is 22.8 Å². The van der Waals surface area contributed by atoms with Crippen molar-refractivity contribution in [2.45, 2.75) is 33.2 Å². The molecule has 0 spiro atoms. The number of nitrogens with two attached hydrogens (primary N) is 1. The van der Waals surface area contributed by atoms with Gasteiger partial charge in [0, 0.05) is 5.56 Å². The number of rotatable bonds is 5. The third-order valence-corrected chi connectivity index (χ3v) is 2.69. The highest BCUT2D eigenvalue weighted by molar-refractivity contribution is 5.97. The number of benzene rings is 1. The fourth-order valence-electron chi connectivity index (χ4n) is 1.92. The highest BCUT2D eigenvalue weighted by atomic mass is 16.2. The Morgan fingerprint density at radius 2 is 1.79 bits per heavy atom. The molecule has 0 bridgehead atoms. The number of nitrogens with one attached hydrogen (secondary N) is 1. The molecule has 1 atom stereocenters. The topological polar surface area (TPSA) is 72.2 Å². The molecule has 0 saturated heterocycles. The molecule has 1 aromatic rings. The number of carbonyl (C=O) groups is 2. The first-order valence-electron chi connectivity index (χ1n) is 6.12. The van der Waals surface area contributed by atoms with Crippen LogP contribution in [0.4, 0.5) is 0 Å². The maximum absolute atomic E-state index is 12.1. The van der Waals surface area contributed by atoms with Crippen molar-refractivity contribution in [2.24, 2.45) is 5.73 Å². The van der Waals surface area contributed by atoms with Gasteiger partial charge in [-0.3, -0.25) is 9.59 Å². The maximum Gasteiger partial charge on any atom is 0.251 e. The van der Waals surface area contributed by atoms with E-state index < -0.39 is 11.9 Å². The molecule has 102 valence electrons. The van der Waals surface area contributed by atoms with Gasteiger partial charge in [-0.05, 0) is 39.3 Å². The van der Waals surface area contributed by atoms with Crippen LogP contribution in [0.25, 0.3) is 0 Å². The van der Waals surface area contributed by atoms with Gasteiger partial charge in [-0.2, -0.15) is 0 Å². The molecule has 2 amide bonds. The van der Waals surface area contributed by atoms with E-state index in [-0.39, 0.29) is 5.91 Å². The van der Waals surface area contributed by atoms with Crippen LogP contribution in [0.15, 0.2) is 30.4 Å². The minimum absolute atomic E-state index is 0.295. The molecule has 4 heteroatoms. The number of primary amides is 1. The zero-order valence-corrected chi connectivity index (χ0v) is 11.6. The van der Waals surface area contributed by atoms with Crippen molar-refractivity contribution in [2.75, 3.05) is 0 Å². The SMILES string of the molecule is C=C(C)C[C@@H](NC(=O)c1cc(C)cc(C)c1)C(N)=O. The highest BCUT2D eigenvalue weighted by Crippen LogP contribution is 2.10. The summed E-state index contributed by atoms with van der Waals surface area (Å²) in [6.45, 7) is 9.36. The Hall–Kier alpha value is -2.10. The summed E-state index contributed by atoms with van der Waals surface area (Å²) in [5.74, 6) is -0.849. The monoisotopic (exact) mass is 260 g/mol. The van der Waals surface area contributed by atoms with E-state index in [1.54, 1.807) is 19.1 Å². The lowest BCUT2D eigenvalue weighted by Crippen LogP contribution is -2.44. The lowest BCUT2D eigenvalue weighted by atomic mass is 10.0. The molecular formula is C15H20N2O2. The highest BCUT2D eigenvalue weighted by Gasteiger charge is 2.19. The number of carbonyl (C=O) groups excluding carboxylic acids is 2. The summed E-state index contributed by atoms with van der Waals surface area (Å²) >= 11 is 0. The molecule has 0 saturated carbocycles. The maximum atomic E-state index is 12.1. The van der Waals surface area contributed by atoms with Crippen LogP contribution in [-0.4, -0.2) is 17.9 Å². The summed E-state index contributed by atoms with van der Waals surface area (Å²) in [4.78, 5) is 23.4. The average Bonchev–Trinajstić information content (AvgIpc) is 2.25. The molecule has 1 aromatic carbocycles. The Morgan fingerprint density at radius 3 is 2.21 bits per heavy atom. The largest absolute Gasteiger partial charge is 0.368 e. The molecule has 3 N–H and O–H groups in total. The summed E-state index contributed by atoms with van der Waals surface area (Å²) in [5, 5.41) is 2.64. The molecule has 0 aliphatic carbocycles. The molecule has 0 aliphatic rings. The van der Waals surface area contributed by atoms with Crippen LogP contribution >= 0.6 is 0 Å². The number of hydrogen-bond donors (Lipinski definition) is 2. The molecule has 0 aromatic heterocycles. The van der Waals surface area contributed by atoms with Gasteiger partial charge in [0.05, 0.1) is 0 Å². The first-order valence-corrected chi connectivity index (χ1v) is 6.12. The fourth-order valence-corrected chi connectivity index (χ4v) is 1.92. The van der Waals surface area contributed by atoms with Crippen molar-refractivity contribution in [3.05, 3.63) is 47.0 Å². The molecule has 0 heterocycles. The molecule has 0 unspecified atom stereocenters. The summed E-state index contributed by atoms with van der Waals surface area (Å²) in [6, 6.07) is 4.82. The summed E-state index contributed by atoms with van der Waals surface area (Å²) < 4.78 is 0. The Kier molecular flexibility index (Phi) is 4.87. The van der Waals surface area contributed by atoms with Crippen LogP contribution < -0.4 is 11.1 Å². The van der Waals surface area contributed by atoms with Gasteiger partial charge in [0.15, 0.2) is 0 Å².